The molecule has 1 saturated carbocycles. The van der Waals surface area contributed by atoms with E-state index in [0.29, 0.717) is 17.7 Å². The van der Waals surface area contributed by atoms with Crippen molar-refractivity contribution in [2.75, 3.05) is 52.9 Å². The van der Waals surface area contributed by atoms with Crippen LogP contribution in [0.4, 0.5) is 0 Å². The minimum atomic E-state index is 0.311. The van der Waals surface area contributed by atoms with Crippen molar-refractivity contribution in [3.05, 3.63) is 17.5 Å². The number of nitrogens with zero attached hydrogens (tertiary/aromatic N) is 6. The molecule has 0 unspecified atom stereocenters. The Balaban J connectivity index is 1.49. The predicted octanol–water partition coefficient (Wildman–Crippen LogP) is 1.89. The molecular weight excluding hydrogens is 390 g/mol. The molecule has 1 aliphatic heterocycles. The molecule has 0 bridgehead atoms. The summed E-state index contributed by atoms with van der Waals surface area (Å²) in [4.78, 5) is 24.0. The van der Waals surface area contributed by atoms with Gasteiger partial charge in [-0.2, -0.15) is 5.10 Å². The molecule has 1 aromatic rings. The fourth-order valence-corrected chi connectivity index (χ4v) is 4.37. The maximum atomic E-state index is 12.4. The van der Waals surface area contributed by atoms with Crippen LogP contribution in [0, 0.1) is 5.92 Å². The Bertz CT molecular complexity index is 745. The molecule has 8 nitrogen and oxygen atoms in total. The van der Waals surface area contributed by atoms with Crippen molar-refractivity contribution in [3.8, 4) is 0 Å². The first kappa shape index (κ1) is 23.6. The van der Waals surface area contributed by atoms with Crippen LogP contribution in [0.15, 0.2) is 11.2 Å². The van der Waals surface area contributed by atoms with Crippen molar-refractivity contribution in [1.82, 2.24) is 29.8 Å². The van der Waals surface area contributed by atoms with E-state index in [1.54, 1.807) is 0 Å². The number of guanidine groups is 1. The second-order valence-corrected chi connectivity index (χ2v) is 9.25. The van der Waals surface area contributed by atoms with Crippen molar-refractivity contribution in [3.63, 3.8) is 0 Å². The van der Waals surface area contributed by atoms with E-state index in [-0.39, 0.29) is 0 Å². The zero-order valence-corrected chi connectivity index (χ0v) is 20.1. The first-order valence-electron chi connectivity index (χ1n) is 11.9. The van der Waals surface area contributed by atoms with E-state index in [4.69, 9.17) is 4.99 Å². The number of aliphatic imine (C=N–C) groups is 1. The SMILES string of the molecule is CCNC(=NCCN1CCN(C(=O)C2CCC2)CC1)N(C)Cc1cn(C)nc1C(C)C. The van der Waals surface area contributed by atoms with Gasteiger partial charge in [-0.25, -0.2) is 0 Å². The molecule has 1 saturated heterocycles. The molecular formula is C23H41N7O. The predicted molar refractivity (Wildman–Crippen MR) is 125 cm³/mol. The summed E-state index contributed by atoms with van der Waals surface area (Å²) in [5, 5.41) is 8.05. The van der Waals surface area contributed by atoms with Gasteiger partial charge in [-0.3, -0.25) is 19.4 Å². The van der Waals surface area contributed by atoms with Gasteiger partial charge in [-0.05, 0) is 25.7 Å². The molecule has 174 valence electrons. The molecule has 2 aliphatic rings. The Morgan fingerprint density at radius 1 is 1.29 bits per heavy atom. The van der Waals surface area contributed by atoms with Crippen LogP contribution in [0.25, 0.3) is 0 Å². The minimum Gasteiger partial charge on any atom is -0.357 e. The summed E-state index contributed by atoms with van der Waals surface area (Å²) in [6.07, 6.45) is 5.51. The molecule has 0 aromatic carbocycles. The van der Waals surface area contributed by atoms with Crippen LogP contribution in [-0.2, 0) is 18.4 Å². The second-order valence-electron chi connectivity index (χ2n) is 9.25. The minimum absolute atomic E-state index is 0.311. The molecule has 2 fully saturated rings. The largest absolute Gasteiger partial charge is 0.357 e. The van der Waals surface area contributed by atoms with Crippen LogP contribution in [0.2, 0.25) is 0 Å². The Morgan fingerprint density at radius 2 is 2.00 bits per heavy atom. The zero-order chi connectivity index (χ0) is 22.4. The first-order chi connectivity index (χ1) is 14.9. The van der Waals surface area contributed by atoms with Gasteiger partial charge in [0.1, 0.15) is 0 Å². The fraction of sp³-hybridized carbons (Fsp3) is 0.783. The van der Waals surface area contributed by atoms with Gasteiger partial charge in [0.2, 0.25) is 5.91 Å². The molecule has 8 heteroatoms. The molecule has 31 heavy (non-hydrogen) atoms. The molecule has 1 amide bonds. The zero-order valence-electron chi connectivity index (χ0n) is 20.1. The third-order valence-corrected chi connectivity index (χ3v) is 6.40. The van der Waals surface area contributed by atoms with E-state index < -0.39 is 0 Å². The van der Waals surface area contributed by atoms with Gasteiger partial charge in [0.05, 0.1) is 12.2 Å². The maximum Gasteiger partial charge on any atom is 0.225 e. The monoisotopic (exact) mass is 431 g/mol. The number of nitrogens with one attached hydrogen (secondary N) is 1. The number of hydrogen-bond donors (Lipinski definition) is 1. The van der Waals surface area contributed by atoms with E-state index in [9.17, 15) is 4.79 Å². The lowest BCUT2D eigenvalue weighted by Gasteiger charge is -2.38. The van der Waals surface area contributed by atoms with Gasteiger partial charge in [0.25, 0.3) is 0 Å². The van der Waals surface area contributed by atoms with E-state index in [1.807, 2.05) is 11.7 Å². The maximum absolute atomic E-state index is 12.4. The lowest BCUT2D eigenvalue weighted by molar-refractivity contribution is -0.139. The van der Waals surface area contributed by atoms with Gasteiger partial charge in [0, 0.05) is 77.6 Å². The summed E-state index contributed by atoms with van der Waals surface area (Å²) in [6, 6.07) is 0. The van der Waals surface area contributed by atoms with Gasteiger partial charge in [-0.15, -0.1) is 0 Å². The fourth-order valence-electron chi connectivity index (χ4n) is 4.37. The molecule has 0 radical (unpaired) electrons. The van der Waals surface area contributed by atoms with E-state index in [2.05, 4.69) is 59.1 Å². The van der Waals surface area contributed by atoms with Crippen molar-refractivity contribution < 1.29 is 4.79 Å². The number of carbonyl (C=O) groups is 1. The smallest absolute Gasteiger partial charge is 0.225 e. The first-order valence-corrected chi connectivity index (χ1v) is 11.9. The van der Waals surface area contributed by atoms with E-state index in [0.717, 1.165) is 76.9 Å². The average Bonchev–Trinajstić information content (AvgIpc) is 3.06. The van der Waals surface area contributed by atoms with Crippen LogP contribution in [-0.4, -0.2) is 89.2 Å². The molecule has 1 aliphatic carbocycles. The lowest BCUT2D eigenvalue weighted by atomic mass is 9.84. The van der Waals surface area contributed by atoms with Crippen LogP contribution in [0.3, 0.4) is 0 Å². The summed E-state index contributed by atoms with van der Waals surface area (Å²) in [6.45, 7) is 13.4. The third kappa shape index (κ3) is 6.21. The molecule has 1 aromatic heterocycles. The number of rotatable bonds is 8. The number of aromatic nitrogens is 2. The van der Waals surface area contributed by atoms with Gasteiger partial charge in [-0.1, -0.05) is 20.3 Å². The highest BCUT2D eigenvalue weighted by atomic mass is 16.2. The third-order valence-electron chi connectivity index (χ3n) is 6.40. The summed E-state index contributed by atoms with van der Waals surface area (Å²) in [5.74, 6) is 2.03. The number of aryl methyl sites for hydroxylation is 1. The van der Waals surface area contributed by atoms with Crippen LogP contribution in [0.5, 0.6) is 0 Å². The van der Waals surface area contributed by atoms with Gasteiger partial charge in [0.15, 0.2) is 5.96 Å². The second kappa shape index (κ2) is 11.0. The molecule has 2 heterocycles. The van der Waals surface area contributed by atoms with Crippen LogP contribution < -0.4 is 5.32 Å². The van der Waals surface area contributed by atoms with E-state index >= 15 is 0 Å². The Labute approximate surface area is 187 Å². The van der Waals surface area contributed by atoms with Gasteiger partial charge >= 0.3 is 0 Å². The summed E-state index contributed by atoms with van der Waals surface area (Å²) >= 11 is 0. The average molecular weight is 432 g/mol. The standard InChI is InChI=1S/C23H41N7O/c1-6-24-23(27(4)16-20-17-28(5)26-21(20)18(2)3)25-10-11-29-12-14-30(15-13-29)22(31)19-8-7-9-19/h17-19H,6-16H2,1-5H3,(H,24,25). The van der Waals surface area contributed by atoms with E-state index in [1.165, 1.54) is 12.0 Å². The van der Waals surface area contributed by atoms with Crippen LogP contribution in [0.1, 0.15) is 57.2 Å². The Kier molecular flexibility index (Phi) is 8.35. The Morgan fingerprint density at radius 3 is 2.58 bits per heavy atom. The number of carbonyl (C=O) groups excluding carboxylic acids is 1. The Hall–Kier alpha value is -2.09. The van der Waals surface area contributed by atoms with Crippen molar-refractivity contribution >= 4 is 11.9 Å². The molecule has 1 N–H and O–H groups in total. The highest BCUT2D eigenvalue weighted by Gasteiger charge is 2.31. The summed E-state index contributed by atoms with van der Waals surface area (Å²) < 4.78 is 1.90. The topological polar surface area (TPSA) is 69.0 Å². The quantitative estimate of drug-likeness (QED) is 0.503. The summed E-state index contributed by atoms with van der Waals surface area (Å²) in [5.41, 5.74) is 2.40. The van der Waals surface area contributed by atoms with Crippen molar-refractivity contribution in [1.29, 1.82) is 0 Å². The highest BCUT2D eigenvalue weighted by Crippen LogP contribution is 2.28. The molecule has 0 atom stereocenters. The van der Waals surface area contributed by atoms with Gasteiger partial charge < -0.3 is 15.1 Å². The lowest BCUT2D eigenvalue weighted by Crippen LogP contribution is -2.51. The highest BCUT2D eigenvalue weighted by molar-refractivity contribution is 5.80. The molecule has 3 rings (SSSR count). The van der Waals surface area contributed by atoms with Crippen LogP contribution >= 0.6 is 0 Å². The molecule has 0 spiro atoms. The summed E-state index contributed by atoms with van der Waals surface area (Å²) in [7, 11) is 4.07. The number of hydrogen-bond acceptors (Lipinski definition) is 4. The normalized spacial score (nSPS) is 18.4. The van der Waals surface area contributed by atoms with Crippen molar-refractivity contribution in [2.45, 2.75) is 52.5 Å². The number of amides is 1. The number of piperazine rings is 1. The van der Waals surface area contributed by atoms with Crippen molar-refractivity contribution in [2.24, 2.45) is 18.0 Å².